The Bertz CT molecular complexity index is 2920. The average Bonchev–Trinajstić information content (AvgIpc) is 3.56. The van der Waals surface area contributed by atoms with Crippen LogP contribution in [0.3, 0.4) is 0 Å². The molecule has 2 aromatic heterocycles. The van der Waals surface area contributed by atoms with Crippen LogP contribution in [-0.2, 0) is 11.8 Å². The number of aryl methyl sites for hydroxylation is 1. The second-order valence-corrected chi connectivity index (χ2v) is 16.2. The largest absolute Gasteiger partial charge is 0.457 e. The Balaban J connectivity index is 1.11. The lowest BCUT2D eigenvalue weighted by molar-refractivity contribution is 0.355. The second kappa shape index (κ2) is 12.8. The van der Waals surface area contributed by atoms with E-state index in [-0.39, 0.29) is 11.3 Å². The normalized spacial score (nSPS) is 19.8. The van der Waals surface area contributed by atoms with Gasteiger partial charge in [0.05, 0.1) is 0 Å². The van der Waals surface area contributed by atoms with E-state index in [1.165, 1.54) is 49.5 Å². The third kappa shape index (κ3) is 5.31. The molecule has 0 saturated carbocycles. The quantitative estimate of drug-likeness (QED) is 0.181. The Morgan fingerprint density at radius 1 is 0.625 bits per heavy atom. The summed E-state index contributed by atoms with van der Waals surface area (Å²) in [5.41, 5.74) is 10.9. The van der Waals surface area contributed by atoms with Crippen LogP contribution in [0.2, 0.25) is 0 Å². The van der Waals surface area contributed by atoms with E-state index in [2.05, 4.69) is 147 Å². The first-order valence-electron chi connectivity index (χ1n) is 20.0. The van der Waals surface area contributed by atoms with Gasteiger partial charge in [-0.25, -0.2) is 15.0 Å². The van der Waals surface area contributed by atoms with Crippen LogP contribution < -0.4 is 0 Å². The van der Waals surface area contributed by atoms with Crippen LogP contribution in [0.4, 0.5) is 0 Å². The Morgan fingerprint density at radius 2 is 1.30 bits per heavy atom. The third-order valence-electron chi connectivity index (χ3n) is 12.7. The zero-order chi connectivity index (χ0) is 37.4. The van der Waals surface area contributed by atoms with Crippen molar-refractivity contribution in [3.8, 4) is 33.9 Å². The van der Waals surface area contributed by atoms with E-state index in [1.54, 1.807) is 0 Å². The van der Waals surface area contributed by atoms with E-state index in [9.17, 15) is 0 Å². The molecule has 2 heterocycles. The fourth-order valence-electron chi connectivity index (χ4n) is 10.0. The minimum atomic E-state index is -0.309. The van der Waals surface area contributed by atoms with Crippen LogP contribution in [0, 0.1) is 0 Å². The highest BCUT2D eigenvalue weighted by atomic mass is 16.3. The first kappa shape index (κ1) is 33.0. The summed E-state index contributed by atoms with van der Waals surface area (Å²) in [6.45, 7) is 4.85. The maximum Gasteiger partial charge on any atom is 0.164 e. The van der Waals surface area contributed by atoms with Crippen LogP contribution in [0.25, 0.3) is 73.2 Å². The molecule has 4 nitrogen and oxygen atoms in total. The molecule has 0 aliphatic heterocycles. The van der Waals surface area contributed by atoms with E-state index in [4.69, 9.17) is 19.4 Å². The zero-order valence-electron chi connectivity index (χ0n) is 31.7. The average molecular weight is 724 g/mol. The van der Waals surface area contributed by atoms with Crippen LogP contribution in [0.1, 0.15) is 84.5 Å². The van der Waals surface area contributed by atoms with Gasteiger partial charge in [0, 0.05) is 33.2 Å². The summed E-state index contributed by atoms with van der Waals surface area (Å²) in [6.07, 6.45) is 10.5. The van der Waals surface area contributed by atoms with Gasteiger partial charge < -0.3 is 4.42 Å². The van der Waals surface area contributed by atoms with Gasteiger partial charge in [-0.1, -0.05) is 141 Å². The first-order chi connectivity index (χ1) is 27.5. The monoisotopic (exact) mass is 723 g/mol. The molecule has 0 radical (unpaired) electrons. The number of hydrogen-bond acceptors (Lipinski definition) is 4. The molecule has 0 fully saturated rings. The second-order valence-electron chi connectivity index (χ2n) is 16.2. The number of benzene rings is 6. The van der Waals surface area contributed by atoms with Gasteiger partial charge in [0.25, 0.3) is 0 Å². The Kier molecular flexibility index (Phi) is 7.57. The predicted octanol–water partition coefficient (Wildman–Crippen LogP) is 13.2. The zero-order valence-corrected chi connectivity index (χ0v) is 31.7. The van der Waals surface area contributed by atoms with Crippen LogP contribution in [0.15, 0.2) is 144 Å². The molecule has 0 bridgehead atoms. The summed E-state index contributed by atoms with van der Waals surface area (Å²) >= 11 is 0. The summed E-state index contributed by atoms with van der Waals surface area (Å²) in [4.78, 5) is 15.7. The first-order valence-corrected chi connectivity index (χ1v) is 20.0. The van der Waals surface area contributed by atoms with Crippen molar-refractivity contribution in [1.82, 2.24) is 15.0 Å². The molecule has 0 spiro atoms. The van der Waals surface area contributed by atoms with Gasteiger partial charge in [0.15, 0.2) is 17.5 Å². The summed E-state index contributed by atoms with van der Waals surface area (Å²) in [6, 6.07) is 48.0. The lowest BCUT2D eigenvalue weighted by Gasteiger charge is -2.42. The highest BCUT2D eigenvalue weighted by molar-refractivity contribution is 5.91. The topological polar surface area (TPSA) is 51.8 Å². The molecule has 11 rings (SSSR count). The molecular formula is C52H41N3O. The van der Waals surface area contributed by atoms with Gasteiger partial charge in [-0.15, -0.1) is 0 Å². The van der Waals surface area contributed by atoms with Crippen molar-refractivity contribution in [2.45, 2.75) is 56.8 Å². The maximum atomic E-state index is 6.91. The molecule has 6 aromatic carbocycles. The van der Waals surface area contributed by atoms with E-state index in [0.717, 1.165) is 59.3 Å². The fraction of sp³-hybridized carbons (Fsp3) is 0.173. The van der Waals surface area contributed by atoms with E-state index in [0.29, 0.717) is 23.4 Å². The maximum absolute atomic E-state index is 6.91. The van der Waals surface area contributed by atoms with Gasteiger partial charge in [0.1, 0.15) is 11.5 Å². The Hall–Kier alpha value is -6.39. The van der Waals surface area contributed by atoms with Crippen molar-refractivity contribution < 1.29 is 4.42 Å². The number of hydrogen-bond donors (Lipinski definition) is 0. The minimum absolute atomic E-state index is 0.215. The van der Waals surface area contributed by atoms with Crippen molar-refractivity contribution in [3.05, 3.63) is 179 Å². The number of furan rings is 1. The number of fused-ring (bicyclic) bond motifs is 8. The summed E-state index contributed by atoms with van der Waals surface area (Å²) in [7, 11) is 0. The molecule has 0 N–H and O–H groups in total. The lowest BCUT2D eigenvalue weighted by Crippen LogP contribution is -2.35. The highest BCUT2D eigenvalue weighted by Gasteiger charge is 2.47. The van der Waals surface area contributed by atoms with E-state index in [1.807, 2.05) is 18.2 Å². The van der Waals surface area contributed by atoms with Gasteiger partial charge in [-0.2, -0.15) is 0 Å². The standard InChI is InChI=1S/C52H41N3O/c1-32-13-12-22-45-47(32)48-46(56-45)30-40(51-54-49(34-15-4-3-5-16-34)53-50(55-51)39-24-23-33-14-6-7-17-35(33)28-39)31-52(48,2)44-26-25-38-27-36-18-8-9-19-37(36)29-43(38)41-20-10-11-21-42(41)44/h3-12,14-24,27-30,32,44H,13,25-26,31H2,1-2H3. The predicted molar refractivity (Wildman–Crippen MR) is 229 cm³/mol. The van der Waals surface area contributed by atoms with Crippen LogP contribution >= 0.6 is 0 Å². The van der Waals surface area contributed by atoms with Crippen molar-refractivity contribution >= 4 is 39.3 Å². The van der Waals surface area contributed by atoms with Gasteiger partial charge >= 0.3 is 0 Å². The molecule has 4 heteroatoms. The minimum Gasteiger partial charge on any atom is -0.457 e. The molecule has 270 valence electrons. The fourth-order valence-corrected chi connectivity index (χ4v) is 10.0. The number of aromatic nitrogens is 3. The summed E-state index contributed by atoms with van der Waals surface area (Å²) < 4.78 is 6.91. The molecule has 3 unspecified atom stereocenters. The van der Waals surface area contributed by atoms with Crippen molar-refractivity contribution in [2.75, 3.05) is 0 Å². The molecule has 3 aliphatic carbocycles. The lowest BCUT2D eigenvalue weighted by atomic mass is 9.60. The molecular weight excluding hydrogens is 683 g/mol. The molecule has 0 amide bonds. The smallest absolute Gasteiger partial charge is 0.164 e. The van der Waals surface area contributed by atoms with Crippen molar-refractivity contribution in [2.24, 2.45) is 0 Å². The van der Waals surface area contributed by atoms with Crippen LogP contribution in [0.5, 0.6) is 0 Å². The molecule has 8 aromatic rings. The Labute approximate surface area is 327 Å². The SMILES string of the molecule is CC1CC=Cc2oc3c(c21)C(C)(C1CCc2cc4ccccc4cc2-c2ccccc21)CC(c1nc(-c2ccccc2)nc(-c2ccc4ccccc4c2)n1)=C3. The highest BCUT2D eigenvalue weighted by Crippen LogP contribution is 2.58. The number of allylic oxidation sites excluding steroid dienone is 2. The third-order valence-corrected chi connectivity index (χ3v) is 12.7. The molecule has 56 heavy (non-hydrogen) atoms. The molecule has 0 saturated heterocycles. The van der Waals surface area contributed by atoms with Gasteiger partial charge in [-0.3, -0.25) is 0 Å². The molecule has 3 atom stereocenters. The van der Waals surface area contributed by atoms with E-state index < -0.39 is 0 Å². The van der Waals surface area contributed by atoms with E-state index >= 15 is 0 Å². The number of rotatable bonds is 4. The Morgan fingerprint density at radius 3 is 2.12 bits per heavy atom. The molecule has 3 aliphatic rings. The number of nitrogens with zero attached hydrogens (tertiary/aromatic N) is 3. The van der Waals surface area contributed by atoms with Crippen molar-refractivity contribution in [3.63, 3.8) is 0 Å². The summed E-state index contributed by atoms with van der Waals surface area (Å²) in [5, 5.41) is 4.93. The van der Waals surface area contributed by atoms with Gasteiger partial charge in [-0.05, 0) is 106 Å². The van der Waals surface area contributed by atoms with Crippen LogP contribution in [-0.4, -0.2) is 15.0 Å². The summed E-state index contributed by atoms with van der Waals surface area (Å²) in [5.74, 6) is 4.56. The van der Waals surface area contributed by atoms with Gasteiger partial charge in [0.2, 0.25) is 0 Å². The van der Waals surface area contributed by atoms with Crippen molar-refractivity contribution in [1.29, 1.82) is 0 Å².